The van der Waals surface area contributed by atoms with Gasteiger partial charge in [0.25, 0.3) is 0 Å². The minimum absolute atomic E-state index is 0.311. The Kier molecular flexibility index (Phi) is 3.25. The van der Waals surface area contributed by atoms with Crippen LogP contribution < -0.4 is 0 Å². The number of nitrogens with zero attached hydrogens (tertiary/aromatic N) is 3. The van der Waals surface area contributed by atoms with E-state index in [0.29, 0.717) is 11.9 Å². The number of hydrogen-bond donors (Lipinski definition) is 0. The van der Waals surface area contributed by atoms with E-state index in [1.165, 1.54) is 0 Å². The van der Waals surface area contributed by atoms with Crippen molar-refractivity contribution < 1.29 is 0 Å². The van der Waals surface area contributed by atoms with Crippen LogP contribution in [-0.2, 0) is 5.88 Å². The van der Waals surface area contributed by atoms with E-state index in [2.05, 4.69) is 23.9 Å². The normalized spacial score (nSPS) is 11.0. The minimum atomic E-state index is 0.311. The molecule has 3 nitrogen and oxygen atoms in total. The maximum Gasteiger partial charge on any atom is 0.111 e. The molecule has 0 fully saturated rings. The van der Waals surface area contributed by atoms with Crippen molar-refractivity contribution in [3.63, 3.8) is 0 Å². The van der Waals surface area contributed by atoms with E-state index in [1.54, 1.807) is 6.20 Å². The molecule has 0 amide bonds. The highest BCUT2D eigenvalue weighted by atomic mass is 35.5. The number of hydrogen-bond acceptors (Lipinski definition) is 2. The van der Waals surface area contributed by atoms with E-state index in [9.17, 15) is 0 Å². The van der Waals surface area contributed by atoms with Crippen molar-refractivity contribution in [1.29, 1.82) is 0 Å². The van der Waals surface area contributed by atoms with Crippen LogP contribution in [0.3, 0.4) is 0 Å². The Bertz CT molecular complexity index is 462. The molecule has 2 aromatic rings. The monoisotopic (exact) mass is 235 g/mol. The van der Waals surface area contributed by atoms with Crippen LogP contribution in [0.2, 0.25) is 0 Å². The number of pyridine rings is 1. The lowest BCUT2D eigenvalue weighted by atomic mass is 10.2. The summed E-state index contributed by atoms with van der Waals surface area (Å²) in [6.07, 6.45) is 1.77. The molecule has 0 aliphatic carbocycles. The van der Waals surface area contributed by atoms with E-state index >= 15 is 0 Å². The van der Waals surface area contributed by atoms with Gasteiger partial charge in [0, 0.05) is 12.2 Å². The van der Waals surface area contributed by atoms with E-state index in [0.717, 1.165) is 17.1 Å². The van der Waals surface area contributed by atoms with Gasteiger partial charge >= 0.3 is 0 Å². The highest BCUT2D eigenvalue weighted by Crippen LogP contribution is 2.20. The Labute approximate surface area is 100 Å². The second-order valence-corrected chi connectivity index (χ2v) is 4.18. The first-order valence-electron chi connectivity index (χ1n) is 5.28. The van der Waals surface area contributed by atoms with Gasteiger partial charge in [-0.3, -0.25) is 9.67 Å². The Hall–Kier alpha value is -1.35. The molecule has 0 spiro atoms. The van der Waals surface area contributed by atoms with Gasteiger partial charge in [0.1, 0.15) is 5.69 Å². The first-order valence-corrected chi connectivity index (χ1v) is 5.81. The molecule has 4 heteroatoms. The summed E-state index contributed by atoms with van der Waals surface area (Å²) in [6.45, 7) is 4.18. The lowest BCUT2D eigenvalue weighted by molar-refractivity contribution is 0.518. The highest BCUT2D eigenvalue weighted by molar-refractivity contribution is 6.16. The predicted molar refractivity (Wildman–Crippen MR) is 65.4 cm³/mol. The predicted octanol–water partition coefficient (Wildman–Crippen LogP) is 3.26. The summed E-state index contributed by atoms with van der Waals surface area (Å²) in [7, 11) is 0. The molecule has 0 saturated heterocycles. The first-order chi connectivity index (χ1) is 7.72. The van der Waals surface area contributed by atoms with Gasteiger partial charge in [-0.1, -0.05) is 6.07 Å². The van der Waals surface area contributed by atoms with Crippen molar-refractivity contribution in [2.45, 2.75) is 25.8 Å². The van der Waals surface area contributed by atoms with Gasteiger partial charge in [-0.15, -0.1) is 11.6 Å². The summed E-state index contributed by atoms with van der Waals surface area (Å²) in [5.41, 5.74) is 2.79. The standard InChI is InChI=1S/C12H14ClN3/c1-9(2)16-10(8-13)7-12(15-16)11-5-3-4-6-14-11/h3-7,9H,8H2,1-2H3. The third kappa shape index (κ3) is 2.09. The lowest BCUT2D eigenvalue weighted by Crippen LogP contribution is -2.06. The smallest absolute Gasteiger partial charge is 0.111 e. The summed E-state index contributed by atoms with van der Waals surface area (Å²) < 4.78 is 1.94. The van der Waals surface area contributed by atoms with Gasteiger partial charge in [0.2, 0.25) is 0 Å². The van der Waals surface area contributed by atoms with Gasteiger partial charge in [-0.25, -0.2) is 0 Å². The molecule has 16 heavy (non-hydrogen) atoms. The highest BCUT2D eigenvalue weighted by Gasteiger charge is 2.11. The van der Waals surface area contributed by atoms with E-state index < -0.39 is 0 Å². The van der Waals surface area contributed by atoms with E-state index in [1.807, 2.05) is 28.9 Å². The molecule has 0 aliphatic heterocycles. The number of halogens is 1. The van der Waals surface area contributed by atoms with Crippen molar-refractivity contribution in [3.8, 4) is 11.4 Å². The SMILES string of the molecule is CC(C)n1nc(-c2ccccn2)cc1CCl. The van der Waals surface area contributed by atoms with Crippen LogP contribution in [-0.4, -0.2) is 14.8 Å². The molecule has 2 aromatic heterocycles. The van der Waals surface area contributed by atoms with Crippen LogP contribution in [0, 0.1) is 0 Å². The zero-order valence-corrected chi connectivity index (χ0v) is 10.1. The van der Waals surface area contributed by atoms with Crippen LogP contribution in [0.15, 0.2) is 30.5 Å². The van der Waals surface area contributed by atoms with E-state index in [-0.39, 0.29) is 0 Å². The van der Waals surface area contributed by atoms with Crippen LogP contribution >= 0.6 is 11.6 Å². The van der Waals surface area contributed by atoms with Gasteiger partial charge in [-0.2, -0.15) is 5.10 Å². The molecule has 0 aliphatic rings. The third-order valence-corrected chi connectivity index (χ3v) is 2.64. The molecule has 0 saturated carbocycles. The molecular weight excluding hydrogens is 222 g/mol. The number of alkyl halides is 1. The topological polar surface area (TPSA) is 30.7 Å². The summed E-state index contributed by atoms with van der Waals surface area (Å²) in [5.74, 6) is 0.470. The Morgan fingerprint density at radius 1 is 1.31 bits per heavy atom. The largest absolute Gasteiger partial charge is 0.265 e. The number of aromatic nitrogens is 3. The van der Waals surface area contributed by atoms with Crippen LogP contribution in [0.5, 0.6) is 0 Å². The van der Waals surface area contributed by atoms with Gasteiger partial charge in [-0.05, 0) is 32.0 Å². The average molecular weight is 236 g/mol. The van der Waals surface area contributed by atoms with Gasteiger partial charge in [0.15, 0.2) is 0 Å². The van der Waals surface area contributed by atoms with Crippen molar-refractivity contribution in [2.24, 2.45) is 0 Å². The molecule has 0 radical (unpaired) electrons. The molecule has 0 N–H and O–H groups in total. The quantitative estimate of drug-likeness (QED) is 0.765. The molecular formula is C12H14ClN3. The van der Waals surface area contributed by atoms with Crippen molar-refractivity contribution in [2.75, 3.05) is 0 Å². The van der Waals surface area contributed by atoms with Crippen LogP contribution in [0.1, 0.15) is 25.6 Å². The molecule has 2 rings (SSSR count). The minimum Gasteiger partial charge on any atom is -0.265 e. The first kappa shape index (κ1) is 11.1. The van der Waals surface area contributed by atoms with Crippen LogP contribution in [0.4, 0.5) is 0 Å². The third-order valence-electron chi connectivity index (χ3n) is 2.37. The molecule has 0 aromatic carbocycles. The second kappa shape index (κ2) is 4.66. The summed E-state index contributed by atoms with van der Waals surface area (Å²) in [6, 6.07) is 8.11. The Morgan fingerprint density at radius 3 is 2.62 bits per heavy atom. The Balaban J connectivity index is 2.44. The average Bonchev–Trinajstić information content (AvgIpc) is 2.74. The van der Waals surface area contributed by atoms with E-state index in [4.69, 9.17) is 11.6 Å². The van der Waals surface area contributed by atoms with Gasteiger partial charge in [0.05, 0.1) is 17.3 Å². The zero-order valence-electron chi connectivity index (χ0n) is 9.39. The number of rotatable bonds is 3. The van der Waals surface area contributed by atoms with Crippen molar-refractivity contribution >= 4 is 11.6 Å². The zero-order chi connectivity index (χ0) is 11.5. The van der Waals surface area contributed by atoms with Crippen molar-refractivity contribution in [3.05, 3.63) is 36.2 Å². The fraction of sp³-hybridized carbons (Fsp3) is 0.333. The molecule has 84 valence electrons. The van der Waals surface area contributed by atoms with Gasteiger partial charge < -0.3 is 0 Å². The maximum atomic E-state index is 5.90. The molecule has 2 heterocycles. The summed E-state index contributed by atoms with van der Waals surface area (Å²) >= 11 is 5.90. The molecule has 0 unspecified atom stereocenters. The summed E-state index contributed by atoms with van der Waals surface area (Å²) in [4.78, 5) is 4.28. The summed E-state index contributed by atoms with van der Waals surface area (Å²) in [5, 5.41) is 4.52. The fourth-order valence-corrected chi connectivity index (χ4v) is 1.82. The second-order valence-electron chi connectivity index (χ2n) is 3.91. The molecule has 0 atom stereocenters. The maximum absolute atomic E-state index is 5.90. The lowest BCUT2D eigenvalue weighted by Gasteiger charge is -2.08. The van der Waals surface area contributed by atoms with Crippen LogP contribution in [0.25, 0.3) is 11.4 Å². The van der Waals surface area contributed by atoms with Crippen molar-refractivity contribution in [1.82, 2.24) is 14.8 Å². The fourth-order valence-electron chi connectivity index (χ4n) is 1.62. The Morgan fingerprint density at radius 2 is 2.12 bits per heavy atom. The molecule has 0 bridgehead atoms.